The zero-order valence-electron chi connectivity index (χ0n) is 14.4. The van der Waals surface area contributed by atoms with Crippen LogP contribution in [0.5, 0.6) is 5.75 Å². The van der Waals surface area contributed by atoms with Crippen molar-refractivity contribution in [2.24, 2.45) is 7.05 Å². The van der Waals surface area contributed by atoms with Crippen molar-refractivity contribution in [1.82, 2.24) is 19.7 Å². The van der Waals surface area contributed by atoms with E-state index in [0.717, 1.165) is 42.1 Å². The van der Waals surface area contributed by atoms with Gasteiger partial charge in [0, 0.05) is 18.8 Å². The van der Waals surface area contributed by atoms with Gasteiger partial charge in [-0.25, -0.2) is 5.06 Å². The van der Waals surface area contributed by atoms with Gasteiger partial charge in [0.15, 0.2) is 0 Å². The molecule has 7 nitrogen and oxygen atoms in total. The minimum Gasteiger partial charge on any atom is -0.492 e. The Bertz CT molecular complexity index is 710. The van der Waals surface area contributed by atoms with Crippen LogP contribution < -0.4 is 4.74 Å². The van der Waals surface area contributed by atoms with Gasteiger partial charge in [0.25, 0.3) is 5.91 Å². The molecule has 133 valence electrons. The van der Waals surface area contributed by atoms with Crippen LogP contribution in [0.15, 0.2) is 30.6 Å². The minimum atomic E-state index is -0.291. The molecule has 1 fully saturated rings. The van der Waals surface area contributed by atoms with Gasteiger partial charge in [0.1, 0.15) is 12.4 Å². The van der Waals surface area contributed by atoms with Gasteiger partial charge in [0.2, 0.25) is 0 Å². The molecule has 2 heterocycles. The van der Waals surface area contributed by atoms with Crippen molar-refractivity contribution < 1.29 is 14.7 Å². The molecule has 0 unspecified atom stereocenters. The fourth-order valence-corrected chi connectivity index (χ4v) is 2.86. The highest BCUT2D eigenvalue weighted by Crippen LogP contribution is 2.22. The number of hydrogen-bond donors (Lipinski definition) is 1. The molecule has 1 saturated heterocycles. The number of amides is 1. The van der Waals surface area contributed by atoms with Crippen molar-refractivity contribution in [3.05, 3.63) is 36.7 Å². The Balaban J connectivity index is 1.47. The van der Waals surface area contributed by atoms with Crippen LogP contribution in [0, 0.1) is 6.07 Å². The monoisotopic (exact) mass is 343 g/mol. The summed E-state index contributed by atoms with van der Waals surface area (Å²) in [6.45, 7) is 2.46. The zero-order chi connectivity index (χ0) is 17.6. The highest BCUT2D eigenvalue weighted by molar-refractivity contribution is 5.77. The van der Waals surface area contributed by atoms with Crippen LogP contribution in [0.2, 0.25) is 0 Å². The molecule has 1 aromatic heterocycles. The maximum absolute atomic E-state index is 11.9. The molecular weight excluding hydrogens is 320 g/mol. The van der Waals surface area contributed by atoms with Crippen LogP contribution in [-0.4, -0.2) is 63.6 Å². The van der Waals surface area contributed by atoms with Gasteiger partial charge in [0.05, 0.1) is 19.3 Å². The lowest BCUT2D eigenvalue weighted by atomic mass is 10.1. The van der Waals surface area contributed by atoms with E-state index in [-0.39, 0.29) is 25.6 Å². The number of aromatic nitrogens is 2. The molecule has 1 N–H and O–H groups in total. The Morgan fingerprint density at radius 1 is 1.36 bits per heavy atom. The van der Waals surface area contributed by atoms with Gasteiger partial charge in [-0.05, 0) is 55.8 Å². The van der Waals surface area contributed by atoms with Crippen LogP contribution >= 0.6 is 0 Å². The third-order valence-electron chi connectivity index (χ3n) is 4.22. The first-order valence-electron chi connectivity index (χ1n) is 8.46. The number of carbonyl (C=O) groups excluding carboxylic acids is 1. The third-order valence-corrected chi connectivity index (χ3v) is 4.22. The summed E-state index contributed by atoms with van der Waals surface area (Å²) in [7, 11) is 1.86. The van der Waals surface area contributed by atoms with Crippen LogP contribution in [0.25, 0.3) is 11.1 Å². The van der Waals surface area contributed by atoms with Crippen LogP contribution in [0.1, 0.15) is 12.8 Å². The lowest BCUT2D eigenvalue weighted by Crippen LogP contribution is -2.39. The van der Waals surface area contributed by atoms with Crippen molar-refractivity contribution in [3.8, 4) is 16.9 Å². The topological polar surface area (TPSA) is 70.8 Å². The second-order valence-electron chi connectivity index (χ2n) is 6.21. The van der Waals surface area contributed by atoms with Gasteiger partial charge >= 0.3 is 0 Å². The Morgan fingerprint density at radius 2 is 2.16 bits per heavy atom. The van der Waals surface area contributed by atoms with Gasteiger partial charge in [-0.2, -0.15) is 5.10 Å². The average molecular weight is 343 g/mol. The van der Waals surface area contributed by atoms with Gasteiger partial charge in [-0.3, -0.25) is 19.6 Å². The van der Waals surface area contributed by atoms with Crippen LogP contribution in [0.4, 0.5) is 0 Å². The molecule has 3 rings (SSSR count). The van der Waals surface area contributed by atoms with Crippen molar-refractivity contribution in [1.29, 1.82) is 0 Å². The summed E-state index contributed by atoms with van der Waals surface area (Å²) >= 11 is 0. The highest BCUT2D eigenvalue weighted by atomic mass is 16.5. The molecule has 0 aliphatic carbocycles. The second kappa shape index (κ2) is 8.13. The maximum Gasteiger partial charge on any atom is 0.260 e. The smallest absolute Gasteiger partial charge is 0.260 e. The molecule has 0 spiro atoms. The number of benzene rings is 1. The standard InChI is InChI=1S/C18H23N4O3/c1-20-13-16(12-19-20)15-5-4-6-17(11-15)25-10-9-22(24)18(23)14-21-7-2-3-8-21/h5-6,11-13,24H,2-3,7-10,14H2,1H3. The van der Waals surface area contributed by atoms with Gasteiger partial charge in [-0.15, -0.1) is 0 Å². The van der Waals surface area contributed by atoms with E-state index >= 15 is 0 Å². The normalized spacial score (nSPS) is 14.6. The average Bonchev–Trinajstić information content (AvgIpc) is 3.26. The molecule has 7 heteroatoms. The first-order chi connectivity index (χ1) is 12.1. The van der Waals surface area contributed by atoms with Crippen molar-refractivity contribution in [2.75, 3.05) is 32.8 Å². The summed E-state index contributed by atoms with van der Waals surface area (Å²) in [5.41, 5.74) is 1.94. The number of rotatable bonds is 7. The van der Waals surface area contributed by atoms with E-state index in [1.807, 2.05) is 25.4 Å². The first kappa shape index (κ1) is 17.4. The molecule has 1 aromatic carbocycles. The highest BCUT2D eigenvalue weighted by Gasteiger charge is 2.18. The predicted molar refractivity (Wildman–Crippen MR) is 92.1 cm³/mol. The number of aryl methyl sites for hydroxylation is 1. The van der Waals surface area contributed by atoms with Crippen molar-refractivity contribution >= 4 is 5.91 Å². The number of hydrogen-bond acceptors (Lipinski definition) is 5. The van der Waals surface area contributed by atoms with Gasteiger partial charge < -0.3 is 4.74 Å². The molecule has 0 bridgehead atoms. The van der Waals surface area contributed by atoms with E-state index in [9.17, 15) is 10.0 Å². The fourth-order valence-electron chi connectivity index (χ4n) is 2.86. The van der Waals surface area contributed by atoms with E-state index < -0.39 is 0 Å². The Hall–Kier alpha value is -2.38. The summed E-state index contributed by atoms with van der Waals surface area (Å²) in [5.74, 6) is 0.350. The summed E-state index contributed by atoms with van der Waals surface area (Å²) in [6.07, 6.45) is 5.93. The van der Waals surface area contributed by atoms with E-state index in [2.05, 4.69) is 16.1 Å². The second-order valence-corrected chi connectivity index (χ2v) is 6.21. The Labute approximate surface area is 147 Å². The molecule has 1 aliphatic rings. The number of carbonyl (C=O) groups is 1. The maximum atomic E-state index is 11.9. The van der Waals surface area contributed by atoms with Crippen molar-refractivity contribution in [2.45, 2.75) is 12.8 Å². The molecule has 1 amide bonds. The SMILES string of the molecule is Cn1cc(-c2c[c]cc(OCCN(O)C(=O)CN3CCCC3)c2)cn1. The quantitative estimate of drug-likeness (QED) is 0.610. The fraction of sp³-hybridized carbons (Fsp3) is 0.444. The molecule has 1 aliphatic heterocycles. The first-order valence-corrected chi connectivity index (χ1v) is 8.46. The molecule has 2 aromatic rings. The minimum absolute atomic E-state index is 0.129. The summed E-state index contributed by atoms with van der Waals surface area (Å²) in [6, 6.07) is 8.52. The lowest BCUT2D eigenvalue weighted by molar-refractivity contribution is -0.167. The Kier molecular flexibility index (Phi) is 5.67. The van der Waals surface area contributed by atoms with Crippen molar-refractivity contribution in [3.63, 3.8) is 0 Å². The number of ether oxygens (including phenoxy) is 1. The molecule has 0 atom stereocenters. The Morgan fingerprint density at radius 3 is 2.88 bits per heavy atom. The largest absolute Gasteiger partial charge is 0.492 e. The number of nitrogens with zero attached hydrogens (tertiary/aromatic N) is 4. The molecule has 0 saturated carbocycles. The zero-order valence-corrected chi connectivity index (χ0v) is 14.4. The summed E-state index contributed by atoms with van der Waals surface area (Å²) in [4.78, 5) is 14.0. The van der Waals surface area contributed by atoms with E-state index in [1.54, 1.807) is 16.9 Å². The molecule has 1 radical (unpaired) electrons. The van der Waals surface area contributed by atoms with Crippen LogP contribution in [0.3, 0.4) is 0 Å². The number of likely N-dealkylation sites (tertiary alicyclic amines) is 1. The third kappa shape index (κ3) is 4.80. The van der Waals surface area contributed by atoms with Crippen LogP contribution in [-0.2, 0) is 11.8 Å². The van der Waals surface area contributed by atoms with E-state index in [4.69, 9.17) is 4.74 Å². The molecule has 25 heavy (non-hydrogen) atoms. The predicted octanol–water partition coefficient (Wildman–Crippen LogP) is 1.58. The summed E-state index contributed by atoms with van der Waals surface area (Å²) in [5, 5.41) is 14.7. The van der Waals surface area contributed by atoms with E-state index in [1.165, 1.54) is 0 Å². The molecular formula is C18H23N4O3. The van der Waals surface area contributed by atoms with Gasteiger partial charge in [-0.1, -0.05) is 0 Å². The lowest BCUT2D eigenvalue weighted by Gasteiger charge is -2.19. The van der Waals surface area contributed by atoms with E-state index in [0.29, 0.717) is 5.75 Å². The summed E-state index contributed by atoms with van der Waals surface area (Å²) < 4.78 is 7.37. The number of hydroxylamine groups is 2.